The molecule has 0 spiro atoms. The van der Waals surface area contributed by atoms with Crippen LogP contribution in [0.4, 0.5) is 17.1 Å². The normalized spacial score (nSPS) is 12.8. The highest BCUT2D eigenvalue weighted by molar-refractivity contribution is 7.99. The molecule has 0 saturated heterocycles. The molecule has 0 radical (unpaired) electrons. The predicted molar refractivity (Wildman–Crippen MR) is 91.6 cm³/mol. The van der Waals surface area contributed by atoms with Crippen LogP contribution in [0.25, 0.3) is 0 Å². The Balaban J connectivity index is 1.98. The minimum absolute atomic E-state index is 0.0980. The van der Waals surface area contributed by atoms with Gasteiger partial charge in [0, 0.05) is 22.2 Å². The van der Waals surface area contributed by atoms with Gasteiger partial charge in [-0.2, -0.15) is 0 Å². The molecule has 0 amide bonds. The van der Waals surface area contributed by atoms with Gasteiger partial charge in [-0.3, -0.25) is 5.21 Å². The van der Waals surface area contributed by atoms with Crippen LogP contribution in [-0.4, -0.2) is 17.6 Å². The fourth-order valence-corrected chi connectivity index (χ4v) is 3.86. The van der Waals surface area contributed by atoms with Gasteiger partial charge in [0.15, 0.2) is 0 Å². The summed E-state index contributed by atoms with van der Waals surface area (Å²) in [5.74, 6) is 0.658. The predicted octanol–water partition coefficient (Wildman–Crippen LogP) is 5.00. The van der Waals surface area contributed by atoms with E-state index < -0.39 is 0 Å². The molecule has 0 aromatic heterocycles. The van der Waals surface area contributed by atoms with Gasteiger partial charge in [-0.1, -0.05) is 23.9 Å². The van der Waals surface area contributed by atoms with Crippen LogP contribution in [0.2, 0.25) is 0 Å². The van der Waals surface area contributed by atoms with Gasteiger partial charge in [0.2, 0.25) is 0 Å². The van der Waals surface area contributed by atoms with Crippen LogP contribution in [0.3, 0.4) is 0 Å². The summed E-state index contributed by atoms with van der Waals surface area (Å²) in [6.07, 6.45) is 1.96. The molecule has 22 heavy (non-hydrogen) atoms. The molecule has 2 aromatic rings. The van der Waals surface area contributed by atoms with Crippen LogP contribution >= 0.6 is 23.4 Å². The number of rotatable bonds is 5. The summed E-state index contributed by atoms with van der Waals surface area (Å²) in [6.45, 7) is 0.872. The third-order valence-corrected chi connectivity index (χ3v) is 4.98. The molecule has 1 aliphatic heterocycles. The van der Waals surface area contributed by atoms with E-state index in [2.05, 4.69) is 17.0 Å². The quantitative estimate of drug-likeness (QED) is 0.473. The molecule has 0 aliphatic carbocycles. The number of alkyl halides is 1. The molecule has 6 heteroatoms. The van der Waals surface area contributed by atoms with Crippen LogP contribution in [-0.2, 0) is 0 Å². The van der Waals surface area contributed by atoms with Crippen LogP contribution in [0.15, 0.2) is 52.3 Å². The van der Waals surface area contributed by atoms with Crippen LogP contribution in [0.5, 0.6) is 0 Å². The van der Waals surface area contributed by atoms with Gasteiger partial charge in [-0.25, -0.2) is 0 Å². The Kier molecular flexibility index (Phi) is 4.78. The van der Waals surface area contributed by atoms with Gasteiger partial charge >= 0.3 is 0 Å². The maximum Gasteiger partial charge on any atom is 0.0554 e. The smallest absolute Gasteiger partial charge is 0.0554 e. The zero-order chi connectivity index (χ0) is 15.5. The minimum Gasteiger partial charge on any atom is -0.733 e. The van der Waals surface area contributed by atoms with E-state index in [0.717, 1.165) is 34.9 Å². The Morgan fingerprint density at radius 3 is 2.64 bits per heavy atom. The number of halogens is 1. The molecular formula is C16H16ClN2O2S-. The molecule has 1 aliphatic rings. The lowest BCUT2D eigenvalue weighted by Gasteiger charge is -2.34. The van der Waals surface area contributed by atoms with Crippen molar-refractivity contribution < 1.29 is 5.21 Å². The Morgan fingerprint density at radius 1 is 1.09 bits per heavy atom. The van der Waals surface area contributed by atoms with Gasteiger partial charge in [0.05, 0.1) is 17.1 Å². The Morgan fingerprint density at radius 2 is 1.86 bits per heavy atom. The second-order valence-corrected chi connectivity index (χ2v) is 6.50. The lowest BCUT2D eigenvalue weighted by atomic mass is 10.2. The number of benzene rings is 2. The largest absolute Gasteiger partial charge is 0.733 e. The van der Waals surface area contributed by atoms with Crippen LogP contribution < -0.4 is 10.1 Å². The fourth-order valence-electron chi connectivity index (χ4n) is 2.55. The number of hydrogen-bond donors (Lipinski definition) is 1. The number of para-hydroxylation sites is 1. The Labute approximate surface area is 138 Å². The van der Waals surface area contributed by atoms with Crippen LogP contribution in [0.1, 0.15) is 12.8 Å². The van der Waals surface area contributed by atoms with E-state index >= 15 is 0 Å². The van der Waals surface area contributed by atoms with Crippen molar-refractivity contribution in [3.05, 3.63) is 47.7 Å². The maximum atomic E-state index is 11.1. The third kappa shape index (κ3) is 3.03. The SMILES string of the molecule is [O-]N(O)c1ccc2c(c1)Sc1ccccc1N2CCCCCl. The van der Waals surface area contributed by atoms with Crippen molar-refractivity contribution in [3.8, 4) is 0 Å². The van der Waals surface area contributed by atoms with Crippen molar-refractivity contribution in [2.24, 2.45) is 0 Å². The van der Waals surface area contributed by atoms with Gasteiger partial charge in [-0.15, -0.1) is 11.6 Å². The first-order valence-electron chi connectivity index (χ1n) is 7.11. The Hall–Kier alpha value is -1.40. The summed E-state index contributed by atoms with van der Waals surface area (Å²) in [4.78, 5) is 4.37. The number of anilines is 3. The molecule has 0 bridgehead atoms. The van der Waals surface area contributed by atoms with E-state index in [1.807, 2.05) is 18.2 Å². The van der Waals surface area contributed by atoms with Gasteiger partial charge in [0.25, 0.3) is 0 Å². The summed E-state index contributed by atoms with van der Waals surface area (Å²) in [7, 11) is 0. The first kappa shape index (κ1) is 15.5. The Bertz CT molecular complexity index is 666. The molecule has 0 saturated carbocycles. The van der Waals surface area contributed by atoms with Crippen molar-refractivity contribution in [2.45, 2.75) is 22.6 Å². The lowest BCUT2D eigenvalue weighted by molar-refractivity contribution is 0.296. The van der Waals surface area contributed by atoms with Gasteiger partial charge in [0.1, 0.15) is 0 Å². The monoisotopic (exact) mass is 335 g/mol. The second kappa shape index (κ2) is 6.79. The topological polar surface area (TPSA) is 49.8 Å². The van der Waals surface area contributed by atoms with Crippen molar-refractivity contribution in [3.63, 3.8) is 0 Å². The average Bonchev–Trinajstić information content (AvgIpc) is 2.53. The van der Waals surface area contributed by atoms with Crippen molar-refractivity contribution >= 4 is 40.4 Å². The summed E-state index contributed by atoms with van der Waals surface area (Å²) < 4.78 is 0. The zero-order valence-electron chi connectivity index (χ0n) is 11.9. The number of unbranched alkanes of at least 4 members (excludes halogenated alkanes) is 1. The molecule has 0 fully saturated rings. The minimum atomic E-state index is -0.0980. The standard InChI is InChI=1S/C16H16ClN2O2S/c17-9-3-4-10-18-13-5-1-2-6-15(13)22-16-11-12(19(20)21)7-8-14(16)18/h1-2,5-8,11,20H,3-4,9-10H2/q-1. The van der Waals surface area contributed by atoms with E-state index in [4.69, 9.17) is 16.8 Å². The molecular weight excluding hydrogens is 320 g/mol. The molecule has 1 N–H and O–H groups in total. The summed E-state index contributed by atoms with van der Waals surface area (Å²) in [6, 6.07) is 13.4. The second-order valence-electron chi connectivity index (χ2n) is 5.04. The fraction of sp³-hybridized carbons (Fsp3) is 0.250. The zero-order valence-corrected chi connectivity index (χ0v) is 13.5. The van der Waals surface area contributed by atoms with E-state index in [-0.39, 0.29) is 10.9 Å². The van der Waals surface area contributed by atoms with E-state index in [1.54, 1.807) is 23.9 Å². The first-order valence-corrected chi connectivity index (χ1v) is 8.46. The highest BCUT2D eigenvalue weighted by atomic mass is 35.5. The van der Waals surface area contributed by atoms with Crippen LogP contribution in [0, 0.1) is 5.21 Å². The van der Waals surface area contributed by atoms with Gasteiger partial charge < -0.3 is 15.3 Å². The molecule has 2 aromatic carbocycles. The maximum absolute atomic E-state index is 11.1. The molecule has 3 rings (SSSR count). The van der Waals surface area contributed by atoms with Gasteiger partial charge in [-0.05, 0) is 43.2 Å². The molecule has 1 heterocycles. The van der Waals surface area contributed by atoms with E-state index in [9.17, 15) is 5.21 Å². The highest BCUT2D eigenvalue weighted by Crippen LogP contribution is 2.49. The summed E-state index contributed by atoms with van der Waals surface area (Å²) in [5, 5.41) is 20.1. The van der Waals surface area contributed by atoms with E-state index in [0.29, 0.717) is 5.88 Å². The van der Waals surface area contributed by atoms with E-state index in [1.165, 1.54) is 5.69 Å². The summed E-state index contributed by atoms with van der Waals surface area (Å²) >= 11 is 7.40. The van der Waals surface area contributed by atoms with Crippen molar-refractivity contribution in [1.29, 1.82) is 0 Å². The number of nitrogens with zero attached hydrogens (tertiary/aromatic N) is 2. The molecule has 0 unspecified atom stereocenters. The van der Waals surface area contributed by atoms with Crippen molar-refractivity contribution in [1.82, 2.24) is 0 Å². The lowest BCUT2D eigenvalue weighted by Crippen LogP contribution is -2.22. The molecule has 0 atom stereocenters. The molecule has 116 valence electrons. The molecule has 4 nitrogen and oxygen atoms in total. The summed E-state index contributed by atoms with van der Waals surface area (Å²) in [5.41, 5.74) is 2.47. The first-order chi connectivity index (χ1) is 10.7. The van der Waals surface area contributed by atoms with Crippen molar-refractivity contribution in [2.75, 3.05) is 22.6 Å². The highest BCUT2D eigenvalue weighted by Gasteiger charge is 2.23. The third-order valence-electron chi connectivity index (χ3n) is 3.60. The number of fused-ring (bicyclic) bond motifs is 2. The number of hydrogen-bond acceptors (Lipinski definition) is 5. The average molecular weight is 336 g/mol.